The molecule has 1 saturated carbocycles. The molecule has 3 rings (SSSR count). The van der Waals surface area contributed by atoms with Crippen LogP contribution in [-0.2, 0) is 13.5 Å². The van der Waals surface area contributed by atoms with E-state index >= 15 is 0 Å². The average Bonchev–Trinajstić information content (AvgIpc) is 2.93. The zero-order chi connectivity index (χ0) is 11.8. The maximum atomic E-state index is 4.41. The van der Waals surface area contributed by atoms with Crippen molar-refractivity contribution < 1.29 is 0 Å². The van der Waals surface area contributed by atoms with Crippen molar-refractivity contribution >= 4 is 0 Å². The SMILES string of the molecule is CCCC1CC1NC1CCCc2c1cnn2C. The van der Waals surface area contributed by atoms with Crippen LogP contribution < -0.4 is 5.32 Å². The summed E-state index contributed by atoms with van der Waals surface area (Å²) in [5, 5.41) is 8.25. The molecular formula is C14H23N3. The van der Waals surface area contributed by atoms with Crippen LogP contribution in [0.2, 0.25) is 0 Å². The Balaban J connectivity index is 1.66. The summed E-state index contributed by atoms with van der Waals surface area (Å²) in [7, 11) is 2.07. The highest BCUT2D eigenvalue weighted by molar-refractivity contribution is 5.25. The second kappa shape index (κ2) is 4.45. The Morgan fingerprint density at radius 3 is 3.24 bits per heavy atom. The van der Waals surface area contributed by atoms with Gasteiger partial charge in [-0.3, -0.25) is 4.68 Å². The monoisotopic (exact) mass is 233 g/mol. The second-order valence-corrected chi connectivity index (χ2v) is 5.67. The number of hydrogen-bond acceptors (Lipinski definition) is 2. The molecule has 2 aliphatic carbocycles. The van der Waals surface area contributed by atoms with Gasteiger partial charge in [0.2, 0.25) is 0 Å². The number of nitrogens with zero attached hydrogens (tertiary/aromatic N) is 2. The van der Waals surface area contributed by atoms with Gasteiger partial charge in [-0.2, -0.15) is 5.10 Å². The molecule has 1 aromatic heterocycles. The quantitative estimate of drug-likeness (QED) is 0.866. The van der Waals surface area contributed by atoms with Crippen molar-refractivity contribution in [3.63, 3.8) is 0 Å². The van der Waals surface area contributed by atoms with Gasteiger partial charge in [0.15, 0.2) is 0 Å². The van der Waals surface area contributed by atoms with Crippen LogP contribution >= 0.6 is 0 Å². The van der Waals surface area contributed by atoms with E-state index in [0.717, 1.165) is 12.0 Å². The molecule has 94 valence electrons. The zero-order valence-corrected chi connectivity index (χ0v) is 10.9. The predicted molar refractivity (Wildman–Crippen MR) is 68.8 cm³/mol. The first-order valence-electron chi connectivity index (χ1n) is 7.06. The van der Waals surface area contributed by atoms with Gasteiger partial charge in [-0.05, 0) is 38.0 Å². The van der Waals surface area contributed by atoms with Crippen LogP contribution in [-0.4, -0.2) is 15.8 Å². The van der Waals surface area contributed by atoms with Gasteiger partial charge in [-0.1, -0.05) is 13.3 Å². The summed E-state index contributed by atoms with van der Waals surface area (Å²) in [6.07, 6.45) is 9.97. The maximum Gasteiger partial charge on any atom is 0.0540 e. The van der Waals surface area contributed by atoms with E-state index in [9.17, 15) is 0 Å². The minimum absolute atomic E-state index is 0.569. The van der Waals surface area contributed by atoms with E-state index in [1.165, 1.54) is 49.8 Å². The maximum absolute atomic E-state index is 4.41. The minimum Gasteiger partial charge on any atom is -0.307 e. The summed E-state index contributed by atoms with van der Waals surface area (Å²) in [5.41, 5.74) is 2.90. The molecule has 1 N–H and O–H groups in total. The van der Waals surface area contributed by atoms with Crippen molar-refractivity contribution in [1.29, 1.82) is 0 Å². The second-order valence-electron chi connectivity index (χ2n) is 5.67. The molecule has 0 bridgehead atoms. The van der Waals surface area contributed by atoms with E-state index in [4.69, 9.17) is 0 Å². The Labute approximate surface area is 104 Å². The van der Waals surface area contributed by atoms with Crippen molar-refractivity contribution in [1.82, 2.24) is 15.1 Å². The fraction of sp³-hybridized carbons (Fsp3) is 0.786. The molecule has 0 aliphatic heterocycles. The molecule has 1 fully saturated rings. The van der Waals surface area contributed by atoms with Crippen LogP contribution in [0.5, 0.6) is 0 Å². The van der Waals surface area contributed by atoms with Gasteiger partial charge in [0.25, 0.3) is 0 Å². The summed E-state index contributed by atoms with van der Waals surface area (Å²) in [6.45, 7) is 2.29. The molecule has 3 heteroatoms. The van der Waals surface area contributed by atoms with Crippen molar-refractivity contribution in [3.05, 3.63) is 17.5 Å². The van der Waals surface area contributed by atoms with E-state index in [1.54, 1.807) is 0 Å². The molecule has 0 amide bonds. The third-order valence-corrected chi connectivity index (χ3v) is 4.37. The highest BCUT2D eigenvalue weighted by Crippen LogP contribution is 2.38. The summed E-state index contributed by atoms with van der Waals surface area (Å²) in [5.74, 6) is 0.946. The topological polar surface area (TPSA) is 29.9 Å². The van der Waals surface area contributed by atoms with Gasteiger partial charge >= 0.3 is 0 Å². The van der Waals surface area contributed by atoms with Crippen molar-refractivity contribution in [3.8, 4) is 0 Å². The molecule has 17 heavy (non-hydrogen) atoms. The molecule has 1 heterocycles. The lowest BCUT2D eigenvalue weighted by Crippen LogP contribution is -2.28. The predicted octanol–water partition coefficient (Wildman–Crippen LogP) is 2.58. The summed E-state index contributed by atoms with van der Waals surface area (Å²) >= 11 is 0. The van der Waals surface area contributed by atoms with Crippen LogP contribution in [0.25, 0.3) is 0 Å². The van der Waals surface area contributed by atoms with Crippen LogP contribution in [0, 0.1) is 5.92 Å². The molecule has 3 unspecified atom stereocenters. The van der Waals surface area contributed by atoms with E-state index in [-0.39, 0.29) is 0 Å². The molecule has 0 aromatic carbocycles. The minimum atomic E-state index is 0.569. The lowest BCUT2D eigenvalue weighted by atomic mass is 9.93. The molecule has 2 aliphatic rings. The lowest BCUT2D eigenvalue weighted by Gasteiger charge is -2.24. The molecule has 3 nitrogen and oxygen atoms in total. The van der Waals surface area contributed by atoms with Gasteiger partial charge in [-0.25, -0.2) is 0 Å². The van der Waals surface area contributed by atoms with Gasteiger partial charge < -0.3 is 5.32 Å². The Bertz CT molecular complexity index is 396. The van der Waals surface area contributed by atoms with Crippen molar-refractivity contribution in [2.45, 2.75) is 57.5 Å². The summed E-state index contributed by atoms with van der Waals surface area (Å²) < 4.78 is 2.06. The first kappa shape index (κ1) is 11.3. The standard InChI is InChI=1S/C14H23N3/c1-3-5-10-8-13(10)16-12-6-4-7-14-11(12)9-15-17(14)2/h9-10,12-13,16H,3-8H2,1-2H3. The van der Waals surface area contributed by atoms with Crippen molar-refractivity contribution in [2.75, 3.05) is 0 Å². The fourth-order valence-electron chi connectivity index (χ4n) is 3.28. The van der Waals surface area contributed by atoms with Gasteiger partial charge in [-0.15, -0.1) is 0 Å². The Hall–Kier alpha value is -0.830. The first-order chi connectivity index (χ1) is 8.29. The van der Waals surface area contributed by atoms with Crippen LogP contribution in [0.15, 0.2) is 6.20 Å². The lowest BCUT2D eigenvalue weighted by molar-refractivity contribution is 0.436. The molecule has 3 atom stereocenters. The van der Waals surface area contributed by atoms with Gasteiger partial charge in [0.1, 0.15) is 0 Å². The number of aryl methyl sites for hydroxylation is 1. The number of nitrogens with one attached hydrogen (secondary N) is 1. The third kappa shape index (κ3) is 2.13. The Morgan fingerprint density at radius 2 is 2.41 bits per heavy atom. The van der Waals surface area contributed by atoms with Gasteiger partial charge in [0.05, 0.1) is 6.20 Å². The fourth-order valence-corrected chi connectivity index (χ4v) is 3.28. The number of fused-ring (bicyclic) bond motifs is 1. The third-order valence-electron chi connectivity index (χ3n) is 4.37. The summed E-state index contributed by atoms with van der Waals surface area (Å²) in [6, 6.07) is 1.35. The molecule has 0 spiro atoms. The largest absolute Gasteiger partial charge is 0.307 e. The molecular weight excluding hydrogens is 210 g/mol. The van der Waals surface area contributed by atoms with Crippen LogP contribution in [0.1, 0.15) is 56.3 Å². The number of rotatable bonds is 4. The summed E-state index contributed by atoms with van der Waals surface area (Å²) in [4.78, 5) is 0. The van der Waals surface area contributed by atoms with E-state index in [1.807, 2.05) is 0 Å². The van der Waals surface area contributed by atoms with E-state index < -0.39 is 0 Å². The van der Waals surface area contributed by atoms with E-state index in [0.29, 0.717) is 6.04 Å². The highest BCUT2D eigenvalue weighted by atomic mass is 15.3. The Kier molecular flexibility index (Phi) is 2.95. The van der Waals surface area contributed by atoms with Crippen LogP contribution in [0.4, 0.5) is 0 Å². The van der Waals surface area contributed by atoms with Crippen LogP contribution in [0.3, 0.4) is 0 Å². The first-order valence-corrected chi connectivity index (χ1v) is 7.06. The number of hydrogen-bond donors (Lipinski definition) is 1. The molecule has 1 aromatic rings. The highest BCUT2D eigenvalue weighted by Gasteiger charge is 2.38. The van der Waals surface area contributed by atoms with Crippen molar-refractivity contribution in [2.24, 2.45) is 13.0 Å². The molecule has 0 radical (unpaired) electrons. The average molecular weight is 233 g/mol. The Morgan fingerprint density at radius 1 is 1.53 bits per heavy atom. The molecule has 0 saturated heterocycles. The van der Waals surface area contributed by atoms with Gasteiger partial charge in [0, 0.05) is 30.4 Å². The van der Waals surface area contributed by atoms with E-state index in [2.05, 4.69) is 35.3 Å². The normalized spacial score (nSPS) is 31.3. The smallest absolute Gasteiger partial charge is 0.0540 e. The number of aromatic nitrogens is 2. The zero-order valence-electron chi connectivity index (χ0n) is 10.9.